The Balaban J connectivity index is 2.04. The molecule has 2 N–H and O–H groups in total. The van der Waals surface area contributed by atoms with Crippen molar-refractivity contribution in [2.24, 2.45) is 0 Å². The average Bonchev–Trinajstić information content (AvgIpc) is 2.50. The van der Waals surface area contributed by atoms with Gasteiger partial charge >= 0.3 is 6.03 Å². The molecular weight excluding hydrogens is 308 g/mol. The molecule has 1 heterocycles. The monoisotopic (exact) mass is 328 g/mol. The van der Waals surface area contributed by atoms with Crippen LogP contribution in [0.15, 0.2) is 18.2 Å². The number of hydrogen-bond acceptors (Lipinski definition) is 4. The minimum Gasteiger partial charge on any atom is -0.487 e. The second-order valence-corrected chi connectivity index (χ2v) is 5.54. The maximum atomic E-state index is 12.3. The summed E-state index contributed by atoms with van der Waals surface area (Å²) in [6, 6.07) is 4.90. The number of aliphatic hydroxyl groups excluding tert-OH is 1. The molecular formula is C15H21ClN2O4. The zero-order chi connectivity index (χ0) is 15.9. The van der Waals surface area contributed by atoms with Gasteiger partial charge in [0.1, 0.15) is 6.61 Å². The summed E-state index contributed by atoms with van der Waals surface area (Å²) in [5, 5.41) is 12.9. The lowest BCUT2D eigenvalue weighted by Crippen LogP contribution is -2.44. The molecule has 122 valence electrons. The third-order valence-corrected chi connectivity index (χ3v) is 3.72. The number of β-amino-alcohol motifs (C(OH)–C–C–N with tert-alkyl or cyclic N) is 1. The summed E-state index contributed by atoms with van der Waals surface area (Å²) in [4.78, 5) is 13.9. The molecule has 0 aliphatic carbocycles. The molecule has 1 saturated heterocycles. The lowest BCUT2D eigenvalue weighted by atomic mass is 10.1. The number of para-hydroxylation sites is 1. The Bertz CT molecular complexity index is 512. The van der Waals surface area contributed by atoms with Crippen LogP contribution in [-0.4, -0.2) is 55.6 Å². The summed E-state index contributed by atoms with van der Waals surface area (Å²) in [6.07, 6.45) is 1.06. The molecule has 0 spiro atoms. The number of halogens is 1. The number of hydrogen-bond donors (Lipinski definition) is 2. The van der Waals surface area contributed by atoms with E-state index in [2.05, 4.69) is 5.32 Å². The highest BCUT2D eigenvalue weighted by atomic mass is 35.5. The fourth-order valence-electron chi connectivity index (χ4n) is 2.31. The molecule has 0 bridgehead atoms. The van der Waals surface area contributed by atoms with E-state index >= 15 is 0 Å². The van der Waals surface area contributed by atoms with Crippen molar-refractivity contribution in [1.82, 2.24) is 4.90 Å². The van der Waals surface area contributed by atoms with Gasteiger partial charge in [-0.2, -0.15) is 0 Å². The van der Waals surface area contributed by atoms with E-state index in [9.17, 15) is 9.90 Å². The van der Waals surface area contributed by atoms with Crippen LogP contribution in [0.25, 0.3) is 0 Å². The normalized spacial score (nSPS) is 18.1. The van der Waals surface area contributed by atoms with Gasteiger partial charge in [-0.3, -0.25) is 0 Å². The van der Waals surface area contributed by atoms with Crippen LogP contribution in [0.2, 0.25) is 5.02 Å². The van der Waals surface area contributed by atoms with E-state index in [0.29, 0.717) is 42.8 Å². The van der Waals surface area contributed by atoms with Crippen molar-refractivity contribution in [1.29, 1.82) is 0 Å². The molecule has 1 fully saturated rings. The Morgan fingerprint density at radius 2 is 2.32 bits per heavy atom. The summed E-state index contributed by atoms with van der Waals surface area (Å²) >= 11 is 6.13. The van der Waals surface area contributed by atoms with E-state index in [4.69, 9.17) is 21.1 Å². The van der Waals surface area contributed by atoms with Crippen molar-refractivity contribution < 1.29 is 19.4 Å². The van der Waals surface area contributed by atoms with Gasteiger partial charge in [-0.15, -0.1) is 0 Å². The maximum absolute atomic E-state index is 12.3. The van der Waals surface area contributed by atoms with Crippen molar-refractivity contribution >= 4 is 23.3 Å². The Hall–Kier alpha value is -1.50. The summed E-state index contributed by atoms with van der Waals surface area (Å²) in [5.74, 6) is 0.423. The second-order valence-electron chi connectivity index (χ2n) is 5.13. The molecule has 6 nitrogen and oxygen atoms in total. The molecule has 2 rings (SSSR count). The average molecular weight is 329 g/mol. The van der Waals surface area contributed by atoms with Crippen LogP contribution in [0, 0.1) is 0 Å². The first kappa shape index (κ1) is 16.9. The number of carbonyl (C=O) groups excluding carboxylic acids is 1. The number of rotatable bonds is 5. The predicted octanol–water partition coefficient (Wildman–Crippen LogP) is 2.35. The molecule has 22 heavy (non-hydrogen) atoms. The summed E-state index contributed by atoms with van der Waals surface area (Å²) < 4.78 is 10.5. The van der Waals surface area contributed by atoms with Crippen LogP contribution < -0.4 is 10.1 Å². The first-order valence-corrected chi connectivity index (χ1v) is 7.64. The van der Waals surface area contributed by atoms with Gasteiger partial charge in [-0.1, -0.05) is 17.7 Å². The number of amides is 2. The molecule has 1 aromatic rings. The van der Waals surface area contributed by atoms with Gasteiger partial charge in [-0.05, 0) is 25.0 Å². The van der Waals surface area contributed by atoms with E-state index in [1.54, 1.807) is 30.2 Å². The smallest absolute Gasteiger partial charge is 0.322 e. The van der Waals surface area contributed by atoms with E-state index in [1.807, 2.05) is 0 Å². The van der Waals surface area contributed by atoms with Crippen LogP contribution in [-0.2, 0) is 4.74 Å². The number of carbonyl (C=O) groups is 1. The third-order valence-electron chi connectivity index (χ3n) is 3.43. The number of anilines is 1. The van der Waals surface area contributed by atoms with Gasteiger partial charge < -0.3 is 24.8 Å². The lowest BCUT2D eigenvalue weighted by molar-refractivity contribution is 0.0883. The summed E-state index contributed by atoms with van der Waals surface area (Å²) in [6.45, 7) is 1.73. The van der Waals surface area contributed by atoms with Gasteiger partial charge in [0.05, 0.1) is 23.4 Å². The largest absolute Gasteiger partial charge is 0.487 e. The fourth-order valence-corrected chi connectivity index (χ4v) is 2.54. The maximum Gasteiger partial charge on any atom is 0.322 e. The Labute approximate surface area is 135 Å². The molecule has 1 aliphatic rings. The highest BCUT2D eigenvalue weighted by Gasteiger charge is 2.23. The molecule has 1 atom stereocenters. The minimum atomic E-state index is -0.462. The van der Waals surface area contributed by atoms with Crippen molar-refractivity contribution in [3.05, 3.63) is 23.2 Å². The number of urea groups is 1. The standard InChI is InChI=1S/C15H21ClN2O4/c1-21-8-9-22-14-12(16)5-2-6-13(14)17-15(20)18-7-3-4-11(19)10-18/h2,5-6,11,19H,3-4,7-10H2,1H3,(H,17,20). The lowest BCUT2D eigenvalue weighted by Gasteiger charge is -2.30. The Kier molecular flexibility index (Phi) is 6.30. The molecule has 2 amide bonds. The number of nitrogens with zero attached hydrogens (tertiary/aromatic N) is 1. The number of aliphatic hydroxyl groups is 1. The van der Waals surface area contributed by atoms with Gasteiger partial charge in [0.15, 0.2) is 5.75 Å². The molecule has 1 unspecified atom stereocenters. The first-order valence-electron chi connectivity index (χ1n) is 7.26. The number of nitrogens with one attached hydrogen (secondary N) is 1. The van der Waals surface area contributed by atoms with E-state index in [1.165, 1.54) is 0 Å². The van der Waals surface area contributed by atoms with Crippen LogP contribution in [0.3, 0.4) is 0 Å². The predicted molar refractivity (Wildman–Crippen MR) is 84.7 cm³/mol. The highest BCUT2D eigenvalue weighted by molar-refractivity contribution is 6.32. The van der Waals surface area contributed by atoms with Gasteiger partial charge in [-0.25, -0.2) is 4.79 Å². The minimum absolute atomic E-state index is 0.266. The van der Waals surface area contributed by atoms with Crippen LogP contribution >= 0.6 is 11.6 Å². The van der Waals surface area contributed by atoms with Gasteiger partial charge in [0.2, 0.25) is 0 Å². The van der Waals surface area contributed by atoms with Crippen molar-refractivity contribution in [3.8, 4) is 5.75 Å². The van der Waals surface area contributed by atoms with Crippen molar-refractivity contribution in [2.75, 3.05) is 38.7 Å². The highest BCUT2D eigenvalue weighted by Crippen LogP contribution is 2.33. The summed E-state index contributed by atoms with van der Waals surface area (Å²) in [5.41, 5.74) is 0.508. The number of likely N-dealkylation sites (tertiary alicyclic amines) is 1. The summed E-state index contributed by atoms with van der Waals surface area (Å²) in [7, 11) is 1.58. The SMILES string of the molecule is COCCOc1c(Cl)cccc1NC(=O)N1CCCC(O)C1. The molecule has 7 heteroatoms. The van der Waals surface area contributed by atoms with Crippen LogP contribution in [0.1, 0.15) is 12.8 Å². The first-order chi connectivity index (χ1) is 10.6. The zero-order valence-electron chi connectivity index (χ0n) is 12.5. The third kappa shape index (κ3) is 4.50. The van der Waals surface area contributed by atoms with E-state index in [-0.39, 0.29) is 6.03 Å². The van der Waals surface area contributed by atoms with Crippen molar-refractivity contribution in [3.63, 3.8) is 0 Å². The molecule has 0 aromatic heterocycles. The van der Waals surface area contributed by atoms with Crippen molar-refractivity contribution in [2.45, 2.75) is 18.9 Å². The second kappa shape index (κ2) is 8.22. The zero-order valence-corrected chi connectivity index (χ0v) is 13.3. The van der Waals surface area contributed by atoms with Gasteiger partial charge in [0, 0.05) is 20.2 Å². The Morgan fingerprint density at radius 3 is 3.05 bits per heavy atom. The Morgan fingerprint density at radius 1 is 1.50 bits per heavy atom. The quantitative estimate of drug-likeness (QED) is 0.814. The topological polar surface area (TPSA) is 71.0 Å². The molecule has 1 aromatic carbocycles. The number of benzene rings is 1. The molecule has 0 radical (unpaired) electrons. The van der Waals surface area contributed by atoms with E-state index in [0.717, 1.165) is 12.8 Å². The van der Waals surface area contributed by atoms with Crippen LogP contribution in [0.5, 0.6) is 5.75 Å². The number of piperidine rings is 1. The fraction of sp³-hybridized carbons (Fsp3) is 0.533. The van der Waals surface area contributed by atoms with Crippen LogP contribution in [0.4, 0.5) is 10.5 Å². The van der Waals surface area contributed by atoms with Gasteiger partial charge in [0.25, 0.3) is 0 Å². The van der Waals surface area contributed by atoms with E-state index < -0.39 is 6.10 Å². The number of ether oxygens (including phenoxy) is 2. The molecule has 1 aliphatic heterocycles. The molecule has 0 saturated carbocycles. The number of methoxy groups -OCH3 is 1.